The molecular weight excluding hydrogens is 462 g/mol. The fourth-order valence-electron chi connectivity index (χ4n) is 3.75. The number of carbonyl (C=O) groups is 1. The molecule has 1 atom stereocenters. The summed E-state index contributed by atoms with van der Waals surface area (Å²) in [5.74, 6) is 0.497. The number of carboxylic acid groups (broad SMARTS) is 1. The highest BCUT2D eigenvalue weighted by atomic mass is 32.2. The Bertz CT molecular complexity index is 1150. The number of carboxylic acids is 1. The van der Waals surface area contributed by atoms with Gasteiger partial charge in [0.1, 0.15) is 17.7 Å². The van der Waals surface area contributed by atoms with Gasteiger partial charge in [-0.3, -0.25) is 9.36 Å². The summed E-state index contributed by atoms with van der Waals surface area (Å²) in [5.41, 5.74) is 0.0825. The van der Waals surface area contributed by atoms with E-state index in [0.29, 0.717) is 17.3 Å². The summed E-state index contributed by atoms with van der Waals surface area (Å²) in [4.78, 5) is 34.7. The maximum absolute atomic E-state index is 12.6. The van der Waals surface area contributed by atoms with Crippen LogP contribution < -0.4 is 20.6 Å². The van der Waals surface area contributed by atoms with Gasteiger partial charge in [0, 0.05) is 51.7 Å². The molecule has 3 heterocycles. The number of aryl methyl sites for hydroxylation is 1. The van der Waals surface area contributed by atoms with E-state index in [1.54, 1.807) is 13.1 Å². The third-order valence-electron chi connectivity index (χ3n) is 5.75. The van der Waals surface area contributed by atoms with Crippen molar-refractivity contribution in [1.29, 1.82) is 0 Å². The smallest absolute Gasteiger partial charge is 0.349 e. The number of anilines is 2. The van der Waals surface area contributed by atoms with Crippen LogP contribution in [0, 0.1) is 12.8 Å². The molecule has 1 saturated heterocycles. The summed E-state index contributed by atoms with van der Waals surface area (Å²) in [6.45, 7) is 3.72. The van der Waals surface area contributed by atoms with Crippen LogP contribution in [0.4, 0.5) is 11.6 Å². The minimum Gasteiger partial charge on any atom is -0.480 e. The molecule has 2 aromatic heterocycles. The number of aliphatic carboxylic acids is 1. The normalized spacial score (nSPS) is 15.9. The van der Waals surface area contributed by atoms with E-state index in [4.69, 9.17) is 0 Å². The van der Waals surface area contributed by atoms with Gasteiger partial charge in [-0.2, -0.15) is 22.4 Å². The largest absolute Gasteiger partial charge is 0.480 e. The Balaban J connectivity index is 1.64. The van der Waals surface area contributed by atoms with Crippen LogP contribution in [-0.2, 0) is 21.5 Å². The lowest BCUT2D eigenvalue weighted by molar-refractivity contribution is -0.139. The zero-order valence-electron chi connectivity index (χ0n) is 19.5. The Labute approximate surface area is 198 Å². The van der Waals surface area contributed by atoms with Crippen LogP contribution in [0.5, 0.6) is 0 Å². The Morgan fingerprint density at radius 3 is 2.59 bits per heavy atom. The van der Waals surface area contributed by atoms with Crippen molar-refractivity contribution in [2.45, 2.75) is 32.4 Å². The highest BCUT2D eigenvalue weighted by Crippen LogP contribution is 2.23. The molecule has 13 heteroatoms. The third-order valence-corrected chi connectivity index (χ3v) is 7.29. The second kappa shape index (κ2) is 10.9. The zero-order valence-corrected chi connectivity index (χ0v) is 20.3. The first kappa shape index (κ1) is 25.6. The average Bonchev–Trinajstić information content (AvgIpc) is 2.80. The maximum atomic E-state index is 12.6. The second-order valence-electron chi connectivity index (χ2n) is 8.50. The van der Waals surface area contributed by atoms with Crippen LogP contribution in [-0.4, -0.2) is 78.1 Å². The number of pyridine rings is 1. The molecule has 0 amide bonds. The highest BCUT2D eigenvalue weighted by Gasteiger charge is 2.27. The first-order valence-corrected chi connectivity index (χ1v) is 12.4. The van der Waals surface area contributed by atoms with E-state index in [0.717, 1.165) is 47.2 Å². The van der Waals surface area contributed by atoms with Crippen LogP contribution in [0.2, 0.25) is 0 Å². The predicted octanol–water partition coefficient (Wildman–Crippen LogP) is 0.124. The number of hydrogen-bond donors (Lipinski definition) is 3. The molecule has 12 nitrogen and oxygen atoms in total. The summed E-state index contributed by atoms with van der Waals surface area (Å²) in [6.07, 6.45) is 5.13. The molecule has 186 valence electrons. The molecule has 3 rings (SSSR count). The van der Waals surface area contributed by atoms with Crippen molar-refractivity contribution >= 4 is 27.8 Å². The van der Waals surface area contributed by atoms with Crippen molar-refractivity contribution in [1.82, 2.24) is 23.6 Å². The first-order valence-electron chi connectivity index (χ1n) is 11.0. The van der Waals surface area contributed by atoms with E-state index in [1.807, 2.05) is 18.2 Å². The van der Waals surface area contributed by atoms with Gasteiger partial charge in [-0.25, -0.2) is 9.78 Å². The molecule has 0 saturated carbocycles. The Hall–Kier alpha value is -3.03. The summed E-state index contributed by atoms with van der Waals surface area (Å²) >= 11 is 0. The number of aromatic nitrogens is 3. The molecule has 3 N–H and O–H groups in total. The fraction of sp³-hybridized carbons (Fsp3) is 0.524. The second-order valence-corrected chi connectivity index (χ2v) is 10.4. The number of piperidine rings is 1. The SMILES string of the molecule is Cc1cn(C[C@H](NS(=O)(=O)N(C)C)C(=O)O)c(=O)nc1N1CCC(CNc2ccccn2)CC1. The van der Waals surface area contributed by atoms with Gasteiger partial charge >= 0.3 is 11.7 Å². The van der Waals surface area contributed by atoms with Crippen molar-refractivity contribution in [2.75, 3.05) is 43.9 Å². The van der Waals surface area contributed by atoms with Crippen LogP contribution in [0.3, 0.4) is 0 Å². The van der Waals surface area contributed by atoms with Crippen molar-refractivity contribution in [3.63, 3.8) is 0 Å². The van der Waals surface area contributed by atoms with Gasteiger partial charge in [0.25, 0.3) is 10.2 Å². The lowest BCUT2D eigenvalue weighted by atomic mass is 9.96. The van der Waals surface area contributed by atoms with E-state index in [1.165, 1.54) is 20.3 Å². The first-order chi connectivity index (χ1) is 16.1. The summed E-state index contributed by atoms with van der Waals surface area (Å²) in [6, 6.07) is 4.22. The predicted molar refractivity (Wildman–Crippen MR) is 128 cm³/mol. The molecule has 0 aliphatic carbocycles. The molecule has 0 radical (unpaired) electrons. The van der Waals surface area contributed by atoms with E-state index in [2.05, 4.69) is 24.9 Å². The molecule has 0 spiro atoms. The molecule has 1 aliphatic rings. The summed E-state index contributed by atoms with van der Waals surface area (Å²) < 4.78 is 28.1. The molecule has 1 aliphatic heterocycles. The van der Waals surface area contributed by atoms with Gasteiger partial charge in [-0.15, -0.1) is 0 Å². The summed E-state index contributed by atoms with van der Waals surface area (Å²) in [7, 11) is -1.42. The number of nitrogens with zero attached hydrogens (tertiary/aromatic N) is 5. The fourth-order valence-corrected chi connectivity index (χ4v) is 4.50. The maximum Gasteiger partial charge on any atom is 0.349 e. The Kier molecular flexibility index (Phi) is 8.23. The number of hydrogen-bond acceptors (Lipinski definition) is 8. The molecule has 0 aromatic carbocycles. The summed E-state index contributed by atoms with van der Waals surface area (Å²) in [5, 5.41) is 12.8. The standard InChI is InChI=1S/C21H31N7O5S/c1-15-13-28(14-17(20(29)30)25-34(32,33)26(2)3)21(31)24-19(15)27-10-7-16(8-11-27)12-23-18-6-4-5-9-22-18/h4-6,9,13,16-17,25H,7-8,10-12,14H2,1-3H3,(H,22,23)(H,29,30)/t17-/m0/s1. The molecular formula is C21H31N7O5S. The van der Waals surface area contributed by atoms with Crippen molar-refractivity contribution in [3.05, 3.63) is 46.6 Å². The van der Waals surface area contributed by atoms with Crippen molar-refractivity contribution in [2.24, 2.45) is 5.92 Å². The number of rotatable bonds is 10. The minimum atomic E-state index is -3.99. The topological polar surface area (TPSA) is 150 Å². The minimum absolute atomic E-state index is 0.378. The monoisotopic (exact) mass is 493 g/mol. The number of nitrogens with one attached hydrogen (secondary N) is 2. The molecule has 1 fully saturated rings. The Morgan fingerprint density at radius 2 is 2.00 bits per heavy atom. The zero-order chi connectivity index (χ0) is 24.9. The van der Waals surface area contributed by atoms with Crippen molar-refractivity contribution < 1.29 is 18.3 Å². The van der Waals surface area contributed by atoms with E-state index < -0.39 is 27.9 Å². The molecule has 2 aromatic rings. The molecule has 0 unspecified atom stereocenters. The highest BCUT2D eigenvalue weighted by molar-refractivity contribution is 7.87. The van der Waals surface area contributed by atoms with Gasteiger partial charge in [0.05, 0.1) is 6.54 Å². The van der Waals surface area contributed by atoms with E-state index in [-0.39, 0.29) is 6.54 Å². The lowest BCUT2D eigenvalue weighted by Crippen LogP contribution is -2.49. The average molecular weight is 494 g/mol. The molecule has 0 bridgehead atoms. The third kappa shape index (κ3) is 6.52. The van der Waals surface area contributed by atoms with Crippen molar-refractivity contribution in [3.8, 4) is 0 Å². The Morgan fingerprint density at radius 1 is 1.29 bits per heavy atom. The van der Waals surface area contributed by atoms with Crippen LogP contribution >= 0.6 is 0 Å². The van der Waals surface area contributed by atoms with Gasteiger partial charge in [0.2, 0.25) is 0 Å². The van der Waals surface area contributed by atoms with E-state index in [9.17, 15) is 23.1 Å². The van der Waals surface area contributed by atoms with Gasteiger partial charge < -0.3 is 15.3 Å². The van der Waals surface area contributed by atoms with Gasteiger partial charge in [-0.1, -0.05) is 6.07 Å². The molecule has 34 heavy (non-hydrogen) atoms. The quantitative estimate of drug-likeness (QED) is 0.419. The van der Waals surface area contributed by atoms with Crippen LogP contribution in [0.1, 0.15) is 18.4 Å². The van der Waals surface area contributed by atoms with Gasteiger partial charge in [-0.05, 0) is 37.8 Å². The van der Waals surface area contributed by atoms with Crippen LogP contribution in [0.25, 0.3) is 0 Å². The van der Waals surface area contributed by atoms with Crippen LogP contribution in [0.15, 0.2) is 35.4 Å². The lowest BCUT2D eigenvalue weighted by Gasteiger charge is -2.33. The van der Waals surface area contributed by atoms with E-state index >= 15 is 0 Å². The van der Waals surface area contributed by atoms with Gasteiger partial charge in [0.15, 0.2) is 0 Å².